The smallest absolute Gasteiger partial charge is 0.351 e. The fourth-order valence-electron chi connectivity index (χ4n) is 3.69. The van der Waals surface area contributed by atoms with E-state index in [2.05, 4.69) is 15.3 Å². The topological polar surface area (TPSA) is 75.2 Å². The van der Waals surface area contributed by atoms with Crippen LogP contribution < -0.4 is 5.32 Å². The summed E-state index contributed by atoms with van der Waals surface area (Å²) in [7, 11) is -4.26. The van der Waals surface area contributed by atoms with Gasteiger partial charge in [-0.25, -0.2) is 18.4 Å². The summed E-state index contributed by atoms with van der Waals surface area (Å²) < 4.78 is 66.8. The normalized spacial score (nSPS) is 16.1. The molecular weight excluding hydrogens is 441 g/mol. The number of halogens is 3. The fraction of sp³-hybridized carbons (Fsp3) is 0.273. The lowest BCUT2D eigenvalue weighted by Gasteiger charge is -2.32. The summed E-state index contributed by atoms with van der Waals surface area (Å²) in [5.41, 5.74) is 0.556. The Labute approximate surface area is 184 Å². The van der Waals surface area contributed by atoms with E-state index >= 15 is 0 Å². The van der Waals surface area contributed by atoms with Crippen molar-refractivity contribution in [2.45, 2.75) is 30.0 Å². The van der Waals surface area contributed by atoms with Gasteiger partial charge in [-0.05, 0) is 31.0 Å². The van der Waals surface area contributed by atoms with Crippen molar-refractivity contribution < 1.29 is 21.6 Å². The molecule has 0 atom stereocenters. The van der Waals surface area contributed by atoms with E-state index in [1.54, 1.807) is 12.3 Å². The summed E-state index contributed by atoms with van der Waals surface area (Å²) in [6, 6.07) is 15.6. The van der Waals surface area contributed by atoms with Gasteiger partial charge in [-0.15, -0.1) is 0 Å². The molecule has 0 saturated carbocycles. The maximum absolute atomic E-state index is 13.3. The molecule has 0 unspecified atom stereocenters. The molecule has 10 heteroatoms. The van der Waals surface area contributed by atoms with E-state index in [1.165, 1.54) is 12.1 Å². The molecule has 2 aromatic carbocycles. The lowest BCUT2D eigenvalue weighted by Crippen LogP contribution is -2.43. The van der Waals surface area contributed by atoms with E-state index in [1.807, 2.05) is 30.3 Å². The molecular formula is C22H21F3N4O2S. The minimum absolute atomic E-state index is 0.0923. The van der Waals surface area contributed by atoms with Crippen molar-refractivity contribution in [3.05, 3.63) is 72.4 Å². The molecule has 1 saturated heterocycles. The Balaban J connectivity index is 1.44. The molecule has 0 spiro atoms. The van der Waals surface area contributed by atoms with Crippen molar-refractivity contribution in [1.82, 2.24) is 14.3 Å². The van der Waals surface area contributed by atoms with Gasteiger partial charge in [0.1, 0.15) is 0 Å². The molecule has 1 aliphatic heterocycles. The molecule has 3 aromatic rings. The van der Waals surface area contributed by atoms with Crippen molar-refractivity contribution in [1.29, 1.82) is 0 Å². The number of hydrogen-bond donors (Lipinski definition) is 1. The number of benzene rings is 2. The summed E-state index contributed by atoms with van der Waals surface area (Å²) in [6.45, 7) is 0.204. The molecule has 4 rings (SSSR count). The number of aromatic nitrogens is 2. The molecule has 1 aliphatic rings. The van der Waals surface area contributed by atoms with E-state index in [4.69, 9.17) is 0 Å². The number of hydrogen-bond acceptors (Lipinski definition) is 5. The number of nitrogens with one attached hydrogen (secondary N) is 1. The zero-order chi connectivity index (χ0) is 22.8. The van der Waals surface area contributed by atoms with Gasteiger partial charge in [0.25, 0.3) is 0 Å². The van der Waals surface area contributed by atoms with E-state index < -0.39 is 26.7 Å². The monoisotopic (exact) mass is 462 g/mol. The SMILES string of the molecule is O=S(=O)(c1ccccc1C(F)(F)F)N1CCC(Nc2nccc(-c3ccccc3)n2)CC1. The van der Waals surface area contributed by atoms with Gasteiger partial charge in [0.15, 0.2) is 0 Å². The van der Waals surface area contributed by atoms with Crippen LogP contribution in [0.3, 0.4) is 0 Å². The Morgan fingerprint density at radius 1 is 0.938 bits per heavy atom. The number of rotatable bonds is 5. The second-order valence-electron chi connectivity index (χ2n) is 7.45. The zero-order valence-electron chi connectivity index (χ0n) is 17.0. The predicted molar refractivity (Wildman–Crippen MR) is 114 cm³/mol. The van der Waals surface area contributed by atoms with Crippen LogP contribution in [0.5, 0.6) is 0 Å². The zero-order valence-corrected chi connectivity index (χ0v) is 17.8. The summed E-state index contributed by atoms with van der Waals surface area (Å²) in [5, 5.41) is 3.21. The van der Waals surface area contributed by atoms with Crippen LogP contribution in [0.25, 0.3) is 11.3 Å². The van der Waals surface area contributed by atoms with E-state index in [9.17, 15) is 21.6 Å². The van der Waals surface area contributed by atoms with Crippen LogP contribution in [0, 0.1) is 0 Å². The fourth-order valence-corrected chi connectivity index (χ4v) is 5.37. The molecule has 2 heterocycles. The van der Waals surface area contributed by atoms with Gasteiger partial charge in [0, 0.05) is 30.9 Å². The van der Waals surface area contributed by atoms with Gasteiger partial charge >= 0.3 is 6.18 Å². The minimum Gasteiger partial charge on any atom is -0.351 e. The van der Waals surface area contributed by atoms with Crippen LogP contribution in [0.15, 0.2) is 71.8 Å². The standard InChI is InChI=1S/C22H21F3N4O2S/c23-22(24,25)18-8-4-5-9-20(18)32(30,31)29-14-11-17(12-15-29)27-21-26-13-10-19(28-21)16-6-2-1-3-7-16/h1-10,13,17H,11-12,14-15H2,(H,26,27,28). The van der Waals surface area contributed by atoms with Crippen LogP contribution in [0.2, 0.25) is 0 Å². The first-order valence-electron chi connectivity index (χ1n) is 10.1. The van der Waals surface area contributed by atoms with Crippen LogP contribution >= 0.6 is 0 Å². The maximum Gasteiger partial charge on any atom is 0.417 e. The van der Waals surface area contributed by atoms with Gasteiger partial charge in [-0.3, -0.25) is 0 Å². The first-order chi connectivity index (χ1) is 15.2. The quantitative estimate of drug-likeness (QED) is 0.607. The Kier molecular flexibility index (Phi) is 6.16. The van der Waals surface area contributed by atoms with Crippen molar-refractivity contribution in [2.24, 2.45) is 0 Å². The molecule has 0 amide bonds. The first-order valence-corrected chi connectivity index (χ1v) is 11.5. The molecule has 168 valence electrons. The Morgan fingerprint density at radius 2 is 1.59 bits per heavy atom. The minimum atomic E-state index is -4.75. The average molecular weight is 462 g/mol. The molecule has 0 bridgehead atoms. The van der Waals surface area contributed by atoms with E-state index in [0.29, 0.717) is 18.8 Å². The van der Waals surface area contributed by atoms with E-state index in [0.717, 1.165) is 27.7 Å². The molecule has 32 heavy (non-hydrogen) atoms. The van der Waals surface area contributed by atoms with Gasteiger partial charge in [0.2, 0.25) is 16.0 Å². The number of nitrogens with zero attached hydrogens (tertiary/aromatic N) is 3. The summed E-state index contributed by atoms with van der Waals surface area (Å²) >= 11 is 0. The Hall–Kier alpha value is -2.98. The maximum atomic E-state index is 13.3. The van der Waals surface area contributed by atoms with E-state index in [-0.39, 0.29) is 19.1 Å². The molecule has 1 aromatic heterocycles. The van der Waals surface area contributed by atoms with Gasteiger partial charge in [-0.1, -0.05) is 42.5 Å². The average Bonchev–Trinajstić information content (AvgIpc) is 2.80. The van der Waals surface area contributed by atoms with Crippen molar-refractivity contribution in [3.63, 3.8) is 0 Å². The molecule has 1 N–H and O–H groups in total. The van der Waals surface area contributed by atoms with Crippen LogP contribution in [0.4, 0.5) is 19.1 Å². The van der Waals surface area contributed by atoms with Gasteiger partial charge in [-0.2, -0.15) is 17.5 Å². The van der Waals surface area contributed by atoms with Crippen molar-refractivity contribution in [3.8, 4) is 11.3 Å². The molecule has 6 nitrogen and oxygen atoms in total. The lowest BCUT2D eigenvalue weighted by atomic mass is 10.1. The first kappa shape index (κ1) is 22.2. The van der Waals surface area contributed by atoms with Gasteiger partial charge < -0.3 is 5.32 Å². The summed E-state index contributed by atoms with van der Waals surface area (Å²) in [6.07, 6.45) is -2.26. The third-order valence-electron chi connectivity index (χ3n) is 5.32. The van der Waals surface area contributed by atoms with Crippen molar-refractivity contribution >= 4 is 16.0 Å². The molecule has 0 radical (unpaired) electrons. The highest BCUT2D eigenvalue weighted by atomic mass is 32.2. The van der Waals surface area contributed by atoms with Crippen LogP contribution in [-0.4, -0.2) is 41.8 Å². The number of alkyl halides is 3. The highest BCUT2D eigenvalue weighted by molar-refractivity contribution is 7.89. The Bertz CT molecular complexity index is 1180. The molecule has 0 aliphatic carbocycles. The summed E-state index contributed by atoms with van der Waals surface area (Å²) in [5.74, 6) is 0.426. The number of piperidine rings is 1. The van der Waals surface area contributed by atoms with Crippen LogP contribution in [0.1, 0.15) is 18.4 Å². The predicted octanol–water partition coefficient (Wildman–Crippen LogP) is 4.43. The number of sulfonamides is 1. The second kappa shape index (κ2) is 8.87. The Morgan fingerprint density at radius 3 is 2.28 bits per heavy atom. The third-order valence-corrected chi connectivity index (χ3v) is 7.28. The third kappa shape index (κ3) is 4.76. The summed E-state index contributed by atoms with van der Waals surface area (Å²) in [4.78, 5) is 8.04. The highest BCUT2D eigenvalue weighted by Crippen LogP contribution is 2.35. The number of anilines is 1. The van der Waals surface area contributed by atoms with Crippen molar-refractivity contribution in [2.75, 3.05) is 18.4 Å². The second-order valence-corrected chi connectivity index (χ2v) is 9.35. The lowest BCUT2D eigenvalue weighted by molar-refractivity contribution is -0.139. The van der Waals surface area contributed by atoms with Crippen LogP contribution in [-0.2, 0) is 16.2 Å². The highest BCUT2D eigenvalue weighted by Gasteiger charge is 2.39. The molecule has 1 fully saturated rings. The van der Waals surface area contributed by atoms with Gasteiger partial charge in [0.05, 0.1) is 16.2 Å². The largest absolute Gasteiger partial charge is 0.417 e.